The number of hydrogen-bond donors (Lipinski definition) is 0. The number of benzene rings is 1. The molecule has 1 aromatic carbocycles. The lowest BCUT2D eigenvalue weighted by atomic mass is 9.93. The zero-order valence-corrected chi connectivity index (χ0v) is 9.63. The number of rotatable bonds is 0. The van der Waals surface area contributed by atoms with Crippen molar-refractivity contribution in [3.8, 4) is 0 Å². The number of halogens is 2. The first-order chi connectivity index (χ1) is 8.09. The fourth-order valence-electron chi connectivity index (χ4n) is 2.23. The van der Waals surface area contributed by atoms with E-state index in [1.165, 1.54) is 0 Å². The zero-order chi connectivity index (χ0) is 12.2. The van der Waals surface area contributed by atoms with Crippen LogP contribution in [0.1, 0.15) is 30.0 Å². The molecule has 3 heteroatoms. The van der Waals surface area contributed by atoms with E-state index in [0.29, 0.717) is 16.5 Å². The minimum absolute atomic E-state index is 0.163. The predicted molar refractivity (Wildman–Crippen MR) is 63.0 cm³/mol. The second-order valence-corrected chi connectivity index (χ2v) is 4.57. The van der Waals surface area contributed by atoms with Crippen molar-refractivity contribution < 1.29 is 13.2 Å². The monoisotopic (exact) mass is 234 g/mol. The van der Waals surface area contributed by atoms with Gasteiger partial charge < -0.3 is 4.42 Å². The Bertz CT molecular complexity index is 625. The first-order valence-corrected chi connectivity index (χ1v) is 5.63. The summed E-state index contributed by atoms with van der Waals surface area (Å²) >= 11 is 0. The van der Waals surface area contributed by atoms with Crippen LogP contribution in [0.5, 0.6) is 0 Å². The molecule has 3 rings (SSSR count). The Morgan fingerprint density at radius 2 is 2.06 bits per heavy atom. The summed E-state index contributed by atoms with van der Waals surface area (Å²) in [6.45, 7) is 3.45. The number of allylic oxidation sites excluding steroid dienone is 1. The van der Waals surface area contributed by atoms with Gasteiger partial charge in [0.2, 0.25) is 0 Å². The molecule has 0 bridgehead atoms. The van der Waals surface area contributed by atoms with Gasteiger partial charge in [0.05, 0.1) is 0 Å². The summed E-state index contributed by atoms with van der Waals surface area (Å²) in [6, 6.07) is 3.47. The summed E-state index contributed by atoms with van der Waals surface area (Å²) in [5.74, 6) is -0.378. The zero-order valence-electron chi connectivity index (χ0n) is 9.63. The molecule has 1 aromatic heterocycles. The molecule has 17 heavy (non-hydrogen) atoms. The number of alkyl halides is 1. The van der Waals surface area contributed by atoms with Crippen LogP contribution in [-0.2, 0) is 0 Å². The van der Waals surface area contributed by atoms with Gasteiger partial charge in [0.25, 0.3) is 0 Å². The Morgan fingerprint density at radius 3 is 2.82 bits per heavy atom. The van der Waals surface area contributed by atoms with Crippen LogP contribution in [0, 0.1) is 18.7 Å². The molecule has 2 unspecified atom stereocenters. The maximum Gasteiger partial charge on any atom is 0.170 e. The van der Waals surface area contributed by atoms with E-state index in [4.69, 9.17) is 4.42 Å². The average molecular weight is 234 g/mol. The molecular weight excluding hydrogens is 222 g/mol. The molecule has 0 saturated heterocycles. The van der Waals surface area contributed by atoms with Crippen molar-refractivity contribution in [2.24, 2.45) is 5.92 Å². The lowest BCUT2D eigenvalue weighted by Gasteiger charge is -2.15. The molecule has 0 saturated carbocycles. The molecule has 0 spiro atoms. The third kappa shape index (κ3) is 1.35. The molecular formula is C14H12F2O. The minimum atomic E-state index is -1.19. The Kier molecular flexibility index (Phi) is 2.12. The van der Waals surface area contributed by atoms with Gasteiger partial charge in [-0.3, -0.25) is 0 Å². The fourth-order valence-corrected chi connectivity index (χ4v) is 2.23. The molecule has 1 aliphatic rings. The van der Waals surface area contributed by atoms with Gasteiger partial charge in [-0.2, -0.15) is 0 Å². The van der Waals surface area contributed by atoms with Gasteiger partial charge >= 0.3 is 0 Å². The lowest BCUT2D eigenvalue weighted by molar-refractivity contribution is 0.238. The number of furan rings is 1. The summed E-state index contributed by atoms with van der Waals surface area (Å²) in [6.07, 6.45) is 2.42. The van der Waals surface area contributed by atoms with E-state index in [9.17, 15) is 8.78 Å². The topological polar surface area (TPSA) is 13.1 Å². The summed E-state index contributed by atoms with van der Waals surface area (Å²) in [7, 11) is 0. The van der Waals surface area contributed by atoms with E-state index in [0.717, 1.165) is 0 Å². The van der Waals surface area contributed by atoms with Gasteiger partial charge in [-0.1, -0.05) is 31.2 Å². The highest BCUT2D eigenvalue weighted by atomic mass is 19.1. The van der Waals surface area contributed by atoms with Crippen LogP contribution in [0.3, 0.4) is 0 Å². The molecule has 0 N–H and O–H groups in total. The van der Waals surface area contributed by atoms with Crippen LogP contribution >= 0.6 is 0 Å². The quantitative estimate of drug-likeness (QED) is 0.651. The van der Waals surface area contributed by atoms with Gasteiger partial charge in [0, 0.05) is 16.9 Å². The van der Waals surface area contributed by atoms with Crippen LogP contribution in [-0.4, -0.2) is 0 Å². The van der Waals surface area contributed by atoms with E-state index in [-0.39, 0.29) is 17.3 Å². The van der Waals surface area contributed by atoms with Crippen molar-refractivity contribution in [1.29, 1.82) is 0 Å². The predicted octanol–water partition coefficient (Wildman–Crippen LogP) is 4.55. The number of aryl methyl sites for hydroxylation is 1. The highest BCUT2D eigenvalue weighted by molar-refractivity contribution is 5.90. The molecule has 1 heterocycles. The van der Waals surface area contributed by atoms with Crippen molar-refractivity contribution in [3.05, 3.63) is 40.9 Å². The third-order valence-electron chi connectivity index (χ3n) is 3.34. The third-order valence-corrected chi connectivity index (χ3v) is 3.34. The maximum atomic E-state index is 14.0. The van der Waals surface area contributed by atoms with Crippen LogP contribution < -0.4 is 0 Å². The molecule has 0 fully saturated rings. The van der Waals surface area contributed by atoms with Gasteiger partial charge in [-0.05, 0) is 12.5 Å². The van der Waals surface area contributed by atoms with Crippen molar-refractivity contribution in [3.63, 3.8) is 0 Å². The summed E-state index contributed by atoms with van der Waals surface area (Å²) in [4.78, 5) is 0. The van der Waals surface area contributed by atoms with Gasteiger partial charge in [0.15, 0.2) is 17.6 Å². The Balaban J connectivity index is 2.36. The van der Waals surface area contributed by atoms with Crippen LogP contribution in [0.15, 0.2) is 22.6 Å². The Morgan fingerprint density at radius 1 is 1.29 bits per heavy atom. The number of hydrogen-bond acceptors (Lipinski definition) is 1. The molecule has 2 aromatic rings. The van der Waals surface area contributed by atoms with Crippen LogP contribution in [0.4, 0.5) is 8.78 Å². The average Bonchev–Trinajstić information content (AvgIpc) is 2.69. The van der Waals surface area contributed by atoms with Gasteiger partial charge in [-0.25, -0.2) is 8.78 Å². The minimum Gasteiger partial charge on any atom is -0.454 e. The second kappa shape index (κ2) is 3.42. The first kappa shape index (κ1) is 10.5. The van der Waals surface area contributed by atoms with Gasteiger partial charge in [0.1, 0.15) is 5.76 Å². The highest BCUT2D eigenvalue weighted by Gasteiger charge is 2.29. The van der Waals surface area contributed by atoms with Crippen molar-refractivity contribution >= 4 is 17.0 Å². The van der Waals surface area contributed by atoms with E-state index in [1.807, 2.05) is 6.08 Å². The van der Waals surface area contributed by atoms with E-state index >= 15 is 0 Å². The van der Waals surface area contributed by atoms with Crippen molar-refractivity contribution in [2.45, 2.75) is 20.0 Å². The Labute approximate surface area is 97.7 Å². The van der Waals surface area contributed by atoms with Crippen LogP contribution in [0.2, 0.25) is 0 Å². The normalized spacial score (nSPS) is 23.1. The summed E-state index contributed by atoms with van der Waals surface area (Å²) < 4.78 is 33.2. The number of fused-ring (bicyclic) bond motifs is 3. The van der Waals surface area contributed by atoms with E-state index in [1.54, 1.807) is 32.1 Å². The molecule has 0 aliphatic heterocycles. The molecule has 0 radical (unpaired) electrons. The van der Waals surface area contributed by atoms with E-state index < -0.39 is 12.0 Å². The second-order valence-electron chi connectivity index (χ2n) is 4.57. The summed E-state index contributed by atoms with van der Waals surface area (Å²) in [5, 5.41) is 0.647. The largest absolute Gasteiger partial charge is 0.454 e. The SMILES string of the molecule is Cc1ccc2c3c(oc2c1F)C(F)C(C)C=C3. The molecule has 0 amide bonds. The summed E-state index contributed by atoms with van der Waals surface area (Å²) in [5.41, 5.74) is 1.34. The van der Waals surface area contributed by atoms with Crippen LogP contribution in [0.25, 0.3) is 17.0 Å². The van der Waals surface area contributed by atoms with Gasteiger partial charge in [-0.15, -0.1) is 0 Å². The molecule has 88 valence electrons. The first-order valence-electron chi connectivity index (χ1n) is 5.63. The Hall–Kier alpha value is -1.64. The lowest BCUT2D eigenvalue weighted by Crippen LogP contribution is -2.05. The van der Waals surface area contributed by atoms with Crippen molar-refractivity contribution in [1.82, 2.24) is 0 Å². The molecule has 2 atom stereocenters. The smallest absolute Gasteiger partial charge is 0.170 e. The maximum absolute atomic E-state index is 14.0. The standard InChI is InChI=1S/C14H12F2O/c1-7-3-5-9-10-6-4-8(2)12(16)14(10)17-13(9)11(7)15/h3-7,11H,1-2H3. The fraction of sp³-hybridized carbons (Fsp3) is 0.286. The van der Waals surface area contributed by atoms with E-state index in [2.05, 4.69) is 0 Å². The molecule has 1 aliphatic carbocycles. The van der Waals surface area contributed by atoms with Crippen molar-refractivity contribution in [2.75, 3.05) is 0 Å². The molecule has 1 nitrogen and oxygen atoms in total. The highest BCUT2D eigenvalue weighted by Crippen LogP contribution is 2.41.